The smallest absolute Gasteiger partial charge is 0.321 e. The highest BCUT2D eigenvalue weighted by Gasteiger charge is 2.32. The van der Waals surface area contributed by atoms with Crippen LogP contribution in [0.1, 0.15) is 16.5 Å². The first-order valence-electron chi connectivity index (χ1n) is 7.30. The minimum absolute atomic E-state index is 0.120. The van der Waals surface area contributed by atoms with Crippen molar-refractivity contribution < 1.29 is 14.6 Å². The van der Waals surface area contributed by atoms with Crippen molar-refractivity contribution in [1.82, 2.24) is 5.32 Å². The van der Waals surface area contributed by atoms with Gasteiger partial charge in [0.05, 0.1) is 9.85 Å². The summed E-state index contributed by atoms with van der Waals surface area (Å²) in [5, 5.41) is 12.2. The van der Waals surface area contributed by atoms with E-state index in [0.717, 1.165) is 25.8 Å². The van der Waals surface area contributed by atoms with Crippen molar-refractivity contribution in [2.24, 2.45) is 0 Å². The molecule has 7 heteroatoms. The first kappa shape index (κ1) is 17.8. The Morgan fingerprint density at radius 3 is 2.71 bits per heavy atom. The van der Waals surface area contributed by atoms with Crippen LogP contribution in [0.5, 0.6) is 5.75 Å². The van der Waals surface area contributed by atoms with Gasteiger partial charge in [0, 0.05) is 15.8 Å². The molecule has 1 heterocycles. The number of benzene rings is 2. The van der Waals surface area contributed by atoms with E-state index in [0.29, 0.717) is 12.4 Å². The van der Waals surface area contributed by atoms with Gasteiger partial charge in [-0.1, -0.05) is 46.3 Å². The number of halogens is 2. The van der Waals surface area contributed by atoms with Gasteiger partial charge in [0.25, 0.3) is 0 Å². The van der Waals surface area contributed by atoms with Crippen LogP contribution in [0, 0.1) is 0 Å². The van der Waals surface area contributed by atoms with Gasteiger partial charge >= 0.3 is 5.97 Å². The van der Waals surface area contributed by atoms with Crippen LogP contribution < -0.4 is 10.1 Å². The summed E-state index contributed by atoms with van der Waals surface area (Å²) in [6.45, 7) is 0.452. The number of carboxylic acids is 1. The molecule has 1 aliphatic heterocycles. The number of nitrogens with one attached hydrogen (secondary N) is 1. The van der Waals surface area contributed by atoms with Gasteiger partial charge in [-0.2, -0.15) is 0 Å². The molecule has 1 saturated heterocycles. The van der Waals surface area contributed by atoms with Crippen LogP contribution in [-0.4, -0.2) is 22.9 Å². The third-order valence-corrected chi connectivity index (χ3v) is 5.92. The molecule has 24 heavy (non-hydrogen) atoms. The number of hydrogen-bond donors (Lipinski definition) is 2. The largest absolute Gasteiger partial charge is 0.487 e. The fourth-order valence-electron chi connectivity index (χ4n) is 2.45. The van der Waals surface area contributed by atoms with Gasteiger partial charge in [0.15, 0.2) is 0 Å². The minimum atomic E-state index is -0.828. The van der Waals surface area contributed by atoms with E-state index in [1.807, 2.05) is 42.5 Å². The van der Waals surface area contributed by atoms with E-state index in [-0.39, 0.29) is 5.37 Å². The maximum atomic E-state index is 11.2. The molecule has 1 fully saturated rings. The number of rotatable bonds is 5. The van der Waals surface area contributed by atoms with Crippen molar-refractivity contribution >= 4 is 49.6 Å². The summed E-state index contributed by atoms with van der Waals surface area (Å²) >= 11 is 8.62. The van der Waals surface area contributed by atoms with Crippen LogP contribution in [-0.2, 0) is 11.4 Å². The molecular formula is C17H15Br2NO3S. The Morgan fingerprint density at radius 1 is 1.29 bits per heavy atom. The second kappa shape index (κ2) is 7.91. The first-order chi connectivity index (χ1) is 11.5. The Kier molecular flexibility index (Phi) is 5.86. The molecule has 4 nitrogen and oxygen atoms in total. The summed E-state index contributed by atoms with van der Waals surface area (Å²) < 4.78 is 7.80. The van der Waals surface area contributed by atoms with Crippen molar-refractivity contribution in [2.75, 3.05) is 5.75 Å². The number of thioether (sulfide) groups is 1. The summed E-state index contributed by atoms with van der Waals surface area (Å²) in [5.41, 5.74) is 2.01. The molecule has 0 aromatic heterocycles. The highest BCUT2D eigenvalue weighted by atomic mass is 79.9. The number of aliphatic carboxylic acids is 1. The summed E-state index contributed by atoms with van der Waals surface area (Å²) in [7, 11) is 0. The second-order valence-electron chi connectivity index (χ2n) is 5.35. The Labute approximate surface area is 161 Å². The van der Waals surface area contributed by atoms with Gasteiger partial charge in [0.1, 0.15) is 18.4 Å². The van der Waals surface area contributed by atoms with Crippen LogP contribution in [0.3, 0.4) is 0 Å². The van der Waals surface area contributed by atoms with Crippen LogP contribution in [0.4, 0.5) is 0 Å². The molecule has 2 atom stereocenters. The molecule has 0 unspecified atom stereocenters. The second-order valence-corrected chi connectivity index (χ2v) is 8.26. The van der Waals surface area contributed by atoms with Gasteiger partial charge in [0.2, 0.25) is 0 Å². The maximum Gasteiger partial charge on any atom is 0.321 e. The standard InChI is InChI=1S/C17H15Br2NO3S/c18-11-6-12(16-20-14(9-24-16)17(21)22)15(13(19)7-11)23-8-10-4-2-1-3-5-10/h1-7,14,16,20H,8-9H2,(H,21,22)/t14-,16+/m1/s1. The highest BCUT2D eigenvalue weighted by Crippen LogP contribution is 2.43. The van der Waals surface area contributed by atoms with Crippen molar-refractivity contribution in [3.8, 4) is 5.75 Å². The Bertz CT molecular complexity index is 742. The third-order valence-electron chi connectivity index (χ3n) is 3.63. The monoisotopic (exact) mass is 471 g/mol. The molecule has 126 valence electrons. The van der Waals surface area contributed by atoms with E-state index in [1.165, 1.54) is 0 Å². The quantitative estimate of drug-likeness (QED) is 0.666. The molecule has 0 bridgehead atoms. The van der Waals surface area contributed by atoms with Crippen LogP contribution in [0.15, 0.2) is 51.4 Å². The molecule has 3 rings (SSSR count). The van der Waals surface area contributed by atoms with E-state index in [1.54, 1.807) is 11.8 Å². The predicted octanol–water partition coefficient (Wildman–Crippen LogP) is 4.58. The predicted molar refractivity (Wildman–Crippen MR) is 102 cm³/mol. The number of ether oxygens (including phenoxy) is 1. The molecule has 0 aliphatic carbocycles. The van der Waals surface area contributed by atoms with Gasteiger partial charge in [-0.05, 0) is 33.6 Å². The summed E-state index contributed by atoms with van der Waals surface area (Å²) in [5.74, 6) is 0.436. The molecule has 2 aromatic carbocycles. The Balaban J connectivity index is 1.84. The molecule has 0 saturated carbocycles. The Morgan fingerprint density at radius 2 is 2.04 bits per heavy atom. The van der Waals surface area contributed by atoms with Crippen molar-refractivity contribution in [3.63, 3.8) is 0 Å². The number of carboxylic acid groups (broad SMARTS) is 1. The highest BCUT2D eigenvalue weighted by molar-refractivity contribution is 9.11. The fraction of sp³-hybridized carbons (Fsp3) is 0.235. The lowest BCUT2D eigenvalue weighted by Crippen LogP contribution is -2.33. The molecular weight excluding hydrogens is 458 g/mol. The lowest BCUT2D eigenvalue weighted by molar-refractivity contribution is -0.138. The lowest BCUT2D eigenvalue weighted by atomic mass is 10.2. The summed E-state index contributed by atoms with van der Waals surface area (Å²) in [6.07, 6.45) is 0. The Hall–Kier alpha value is -1.02. The van der Waals surface area contributed by atoms with Gasteiger partial charge in [-0.3, -0.25) is 10.1 Å². The van der Waals surface area contributed by atoms with Crippen molar-refractivity contribution in [3.05, 3.63) is 62.5 Å². The minimum Gasteiger partial charge on any atom is -0.487 e. The number of carbonyl (C=O) groups is 1. The summed E-state index contributed by atoms with van der Waals surface area (Å²) in [4.78, 5) is 11.2. The molecule has 0 amide bonds. The van der Waals surface area contributed by atoms with Crippen LogP contribution in [0.2, 0.25) is 0 Å². The van der Waals surface area contributed by atoms with Crippen molar-refractivity contribution in [2.45, 2.75) is 18.0 Å². The molecule has 2 aromatic rings. The average Bonchev–Trinajstić information content (AvgIpc) is 3.04. The van der Waals surface area contributed by atoms with E-state index < -0.39 is 12.0 Å². The van der Waals surface area contributed by atoms with Gasteiger partial charge in [-0.15, -0.1) is 11.8 Å². The summed E-state index contributed by atoms with van der Waals surface area (Å²) in [6, 6.07) is 13.3. The zero-order valence-electron chi connectivity index (χ0n) is 12.5. The number of hydrogen-bond acceptors (Lipinski definition) is 4. The van der Waals surface area contributed by atoms with E-state index in [2.05, 4.69) is 37.2 Å². The SMILES string of the molecule is O=C(O)[C@H]1CS[C@@H](c2cc(Br)cc(Br)c2OCc2ccccc2)N1. The molecule has 0 radical (unpaired) electrons. The van der Waals surface area contributed by atoms with E-state index in [4.69, 9.17) is 4.74 Å². The zero-order valence-corrected chi connectivity index (χ0v) is 16.5. The lowest BCUT2D eigenvalue weighted by Gasteiger charge is -2.19. The molecule has 1 aliphatic rings. The average molecular weight is 473 g/mol. The van der Waals surface area contributed by atoms with E-state index in [9.17, 15) is 9.90 Å². The maximum absolute atomic E-state index is 11.2. The molecule has 2 N–H and O–H groups in total. The zero-order chi connectivity index (χ0) is 17.1. The molecule has 0 spiro atoms. The van der Waals surface area contributed by atoms with Crippen molar-refractivity contribution in [1.29, 1.82) is 0 Å². The third kappa shape index (κ3) is 4.14. The van der Waals surface area contributed by atoms with Crippen LogP contribution >= 0.6 is 43.6 Å². The van der Waals surface area contributed by atoms with Gasteiger partial charge in [-0.25, -0.2) is 0 Å². The van der Waals surface area contributed by atoms with Gasteiger partial charge < -0.3 is 9.84 Å². The topological polar surface area (TPSA) is 58.6 Å². The normalized spacial score (nSPS) is 20.1. The van der Waals surface area contributed by atoms with Crippen LogP contribution in [0.25, 0.3) is 0 Å². The first-order valence-corrected chi connectivity index (χ1v) is 9.94. The van der Waals surface area contributed by atoms with E-state index >= 15 is 0 Å². The fourth-order valence-corrected chi connectivity index (χ4v) is 5.06.